The normalized spacial score (nSPS) is 7.12. The Bertz CT molecular complexity index is 122. The van der Waals surface area contributed by atoms with Gasteiger partial charge in [-0.25, -0.2) is 9.59 Å². The third kappa shape index (κ3) is 3.12. The molecule has 0 saturated heterocycles. The molecule has 0 saturated carbocycles. The smallest absolute Gasteiger partial charge is 0.341 e. The summed E-state index contributed by atoms with van der Waals surface area (Å²) < 4.78 is 4.33. The van der Waals surface area contributed by atoms with E-state index in [0.29, 0.717) is 6.08 Å². The lowest BCUT2D eigenvalue weighted by Crippen LogP contribution is -1.98. The highest BCUT2D eigenvalue weighted by atomic mass is 16.5. The molecule has 3 nitrogen and oxygen atoms in total. The predicted octanol–water partition coefficient (Wildman–Crippen LogP) is -0.0627. The molecule has 0 aliphatic heterocycles. The predicted molar refractivity (Wildman–Crippen MR) is 26.9 cm³/mol. The summed E-state index contributed by atoms with van der Waals surface area (Å²) in [5, 5.41) is 0. The molecule has 0 aliphatic carbocycles. The third-order valence-corrected chi connectivity index (χ3v) is 0.463. The van der Waals surface area contributed by atoms with Crippen LogP contribution in [0.1, 0.15) is 6.92 Å². The quantitative estimate of drug-likeness (QED) is 0.287. The van der Waals surface area contributed by atoms with Crippen LogP contribution in [0.25, 0.3) is 0 Å². The van der Waals surface area contributed by atoms with Crippen molar-refractivity contribution in [3.05, 3.63) is 6.08 Å². The SMILES string of the molecule is CCOC(=O)C=C=O. The van der Waals surface area contributed by atoms with E-state index in [2.05, 4.69) is 4.74 Å². The van der Waals surface area contributed by atoms with Gasteiger partial charge in [-0.15, -0.1) is 0 Å². The molecular weight excluding hydrogens is 108 g/mol. The van der Waals surface area contributed by atoms with Crippen molar-refractivity contribution in [2.24, 2.45) is 0 Å². The molecule has 0 aliphatic rings. The minimum Gasteiger partial charge on any atom is -0.462 e. The fraction of sp³-hybridized carbons (Fsp3) is 0.400. The van der Waals surface area contributed by atoms with Gasteiger partial charge in [0, 0.05) is 0 Å². The van der Waals surface area contributed by atoms with Crippen molar-refractivity contribution >= 4 is 11.9 Å². The molecule has 0 unspecified atom stereocenters. The largest absolute Gasteiger partial charge is 0.462 e. The van der Waals surface area contributed by atoms with Gasteiger partial charge in [0.05, 0.1) is 6.61 Å². The zero-order valence-corrected chi connectivity index (χ0v) is 4.51. The maximum atomic E-state index is 10.1. The van der Waals surface area contributed by atoms with Crippen LogP contribution >= 0.6 is 0 Å². The second-order valence-corrected chi connectivity index (χ2v) is 1.01. The Balaban J connectivity index is 3.49. The fourth-order valence-corrected chi connectivity index (χ4v) is 0.232. The van der Waals surface area contributed by atoms with Gasteiger partial charge in [-0.05, 0) is 6.92 Å². The number of carbonyl (C=O) groups is 1. The maximum absolute atomic E-state index is 10.1. The molecule has 3 heteroatoms. The molecule has 0 aromatic carbocycles. The van der Waals surface area contributed by atoms with E-state index in [9.17, 15) is 9.59 Å². The Labute approximate surface area is 46.9 Å². The van der Waals surface area contributed by atoms with Gasteiger partial charge in [-0.1, -0.05) is 0 Å². The molecule has 0 amide bonds. The first-order valence-corrected chi connectivity index (χ1v) is 2.19. The van der Waals surface area contributed by atoms with Crippen LogP contribution in [0.5, 0.6) is 0 Å². The van der Waals surface area contributed by atoms with E-state index in [4.69, 9.17) is 0 Å². The molecule has 0 bridgehead atoms. The van der Waals surface area contributed by atoms with Gasteiger partial charge in [0.2, 0.25) is 0 Å². The van der Waals surface area contributed by atoms with Gasteiger partial charge in [-0.2, -0.15) is 0 Å². The second kappa shape index (κ2) is 4.09. The topological polar surface area (TPSA) is 43.4 Å². The first kappa shape index (κ1) is 6.92. The highest BCUT2D eigenvalue weighted by Crippen LogP contribution is 1.73. The molecular formula is C5H6O3. The Morgan fingerprint density at radius 3 is 2.88 bits per heavy atom. The van der Waals surface area contributed by atoms with Gasteiger partial charge in [0.15, 0.2) is 0 Å². The van der Waals surface area contributed by atoms with E-state index in [1.165, 1.54) is 5.94 Å². The molecule has 0 spiro atoms. The van der Waals surface area contributed by atoms with E-state index < -0.39 is 5.97 Å². The maximum Gasteiger partial charge on any atom is 0.341 e. The Morgan fingerprint density at radius 1 is 1.88 bits per heavy atom. The number of hydrogen-bond acceptors (Lipinski definition) is 3. The number of hydrogen-bond donors (Lipinski definition) is 0. The second-order valence-electron chi connectivity index (χ2n) is 1.01. The van der Waals surface area contributed by atoms with Crippen molar-refractivity contribution in [2.45, 2.75) is 6.92 Å². The van der Waals surface area contributed by atoms with Crippen LogP contribution in [0, 0.1) is 0 Å². The zero-order valence-electron chi connectivity index (χ0n) is 4.51. The molecule has 0 heterocycles. The zero-order chi connectivity index (χ0) is 6.41. The number of esters is 1. The van der Waals surface area contributed by atoms with Gasteiger partial charge in [0.1, 0.15) is 12.0 Å². The molecule has 0 atom stereocenters. The summed E-state index contributed by atoms with van der Waals surface area (Å²) in [4.78, 5) is 19.5. The molecule has 0 fully saturated rings. The van der Waals surface area contributed by atoms with Crippen LogP contribution in [0.2, 0.25) is 0 Å². The summed E-state index contributed by atoms with van der Waals surface area (Å²) in [6.07, 6.45) is 0.712. The monoisotopic (exact) mass is 114 g/mol. The summed E-state index contributed by atoms with van der Waals surface area (Å²) in [6.45, 7) is 1.95. The van der Waals surface area contributed by atoms with Gasteiger partial charge in [-0.3, -0.25) is 0 Å². The Hall–Kier alpha value is -1.08. The van der Waals surface area contributed by atoms with Crippen molar-refractivity contribution in [1.29, 1.82) is 0 Å². The van der Waals surface area contributed by atoms with Gasteiger partial charge < -0.3 is 4.74 Å². The van der Waals surface area contributed by atoms with Crippen molar-refractivity contribution in [2.75, 3.05) is 6.61 Å². The molecule has 0 aromatic heterocycles. The molecule has 0 rings (SSSR count). The Kier molecular flexibility index (Phi) is 3.54. The number of ether oxygens (including phenoxy) is 1. The van der Waals surface area contributed by atoms with Gasteiger partial charge in [0.25, 0.3) is 0 Å². The van der Waals surface area contributed by atoms with E-state index in [1.807, 2.05) is 0 Å². The third-order valence-electron chi connectivity index (χ3n) is 0.463. The molecule has 44 valence electrons. The van der Waals surface area contributed by atoms with E-state index in [0.717, 1.165) is 0 Å². The van der Waals surface area contributed by atoms with Crippen molar-refractivity contribution in [3.8, 4) is 0 Å². The number of carbonyl (C=O) groups excluding carboxylic acids is 2. The minimum atomic E-state index is -0.637. The average Bonchev–Trinajstić information content (AvgIpc) is 1.68. The lowest BCUT2D eigenvalue weighted by atomic mass is 10.6. The van der Waals surface area contributed by atoms with E-state index in [1.54, 1.807) is 6.92 Å². The van der Waals surface area contributed by atoms with Crippen molar-refractivity contribution in [1.82, 2.24) is 0 Å². The van der Waals surface area contributed by atoms with Crippen molar-refractivity contribution in [3.63, 3.8) is 0 Å². The Morgan fingerprint density at radius 2 is 2.50 bits per heavy atom. The standard InChI is InChI=1S/C5H6O3/c1-2-8-5(7)3-4-6/h3H,2H2,1H3. The van der Waals surface area contributed by atoms with E-state index >= 15 is 0 Å². The van der Waals surface area contributed by atoms with Crippen LogP contribution in [0.15, 0.2) is 6.08 Å². The van der Waals surface area contributed by atoms with Crippen molar-refractivity contribution < 1.29 is 14.3 Å². The lowest BCUT2D eigenvalue weighted by molar-refractivity contribution is -0.137. The van der Waals surface area contributed by atoms with Crippen LogP contribution in [-0.4, -0.2) is 18.5 Å². The first-order chi connectivity index (χ1) is 3.81. The van der Waals surface area contributed by atoms with Crippen LogP contribution in [0.4, 0.5) is 0 Å². The van der Waals surface area contributed by atoms with Gasteiger partial charge >= 0.3 is 5.97 Å². The van der Waals surface area contributed by atoms with Crippen LogP contribution < -0.4 is 0 Å². The summed E-state index contributed by atoms with van der Waals surface area (Å²) >= 11 is 0. The highest BCUT2D eigenvalue weighted by Gasteiger charge is 1.90. The fourth-order valence-electron chi connectivity index (χ4n) is 0.232. The summed E-state index contributed by atoms with van der Waals surface area (Å²) in [5.74, 6) is 0.666. The van der Waals surface area contributed by atoms with E-state index in [-0.39, 0.29) is 6.61 Å². The van der Waals surface area contributed by atoms with Crippen LogP contribution in [0.3, 0.4) is 0 Å². The molecule has 8 heavy (non-hydrogen) atoms. The lowest BCUT2D eigenvalue weighted by Gasteiger charge is -1.89. The summed E-state index contributed by atoms with van der Waals surface area (Å²) in [6, 6.07) is 0. The summed E-state index contributed by atoms with van der Waals surface area (Å²) in [5.41, 5.74) is 0. The minimum absolute atomic E-state index is 0.289. The molecule has 0 radical (unpaired) electrons. The molecule has 0 N–H and O–H groups in total. The van der Waals surface area contributed by atoms with Crippen LogP contribution in [-0.2, 0) is 14.3 Å². The first-order valence-electron chi connectivity index (χ1n) is 2.19. The summed E-state index contributed by atoms with van der Waals surface area (Å²) in [7, 11) is 0. The average molecular weight is 114 g/mol. The molecule has 0 aromatic rings. The highest BCUT2D eigenvalue weighted by molar-refractivity contribution is 5.89. The number of rotatable bonds is 2.